The Morgan fingerprint density at radius 1 is 0.842 bits per heavy atom. The normalized spacial score (nSPS) is 9.79. The van der Waals surface area contributed by atoms with Crippen LogP contribution in [0.5, 0.6) is 11.5 Å². The second kappa shape index (κ2) is 5.91. The molecule has 0 aromatic heterocycles. The van der Waals surface area contributed by atoms with E-state index in [0.29, 0.717) is 22.9 Å². The first-order chi connectivity index (χ1) is 9.31. The van der Waals surface area contributed by atoms with Crippen LogP contribution in [-0.2, 0) is 4.79 Å². The number of carbonyl (C=O) groups excluding carboxylic acids is 1. The van der Waals surface area contributed by atoms with Crippen molar-refractivity contribution in [3.05, 3.63) is 48.5 Å². The summed E-state index contributed by atoms with van der Waals surface area (Å²) in [6, 6.07) is 14.5. The first kappa shape index (κ1) is 13.0. The first-order valence-electron chi connectivity index (χ1n) is 5.75. The highest BCUT2D eigenvalue weighted by molar-refractivity contribution is 5.91. The summed E-state index contributed by atoms with van der Waals surface area (Å²) >= 11 is 0. The summed E-state index contributed by atoms with van der Waals surface area (Å²) in [5.74, 6) is 1.19. The topological polar surface area (TPSA) is 38.8 Å². The Labute approximate surface area is 112 Å². The van der Waals surface area contributed by atoms with E-state index in [2.05, 4.69) is 0 Å². The van der Waals surface area contributed by atoms with Gasteiger partial charge in [-0.2, -0.15) is 0 Å². The fourth-order valence-corrected chi connectivity index (χ4v) is 1.86. The fraction of sp³-hybridized carbons (Fsp3) is 0.133. The van der Waals surface area contributed by atoms with Gasteiger partial charge >= 0.3 is 6.41 Å². The molecular formula is C15H14NO3. The van der Waals surface area contributed by atoms with E-state index in [1.807, 2.05) is 30.7 Å². The van der Waals surface area contributed by atoms with Crippen molar-refractivity contribution in [2.75, 3.05) is 19.1 Å². The average Bonchev–Trinajstić information content (AvgIpc) is 2.49. The minimum absolute atomic E-state index is 0.594. The second-order valence-corrected chi connectivity index (χ2v) is 3.77. The highest BCUT2D eigenvalue weighted by Crippen LogP contribution is 2.36. The number of methoxy groups -OCH3 is 2. The van der Waals surface area contributed by atoms with E-state index in [1.54, 1.807) is 38.5 Å². The molecule has 2 aromatic carbocycles. The molecule has 0 atom stereocenters. The predicted molar refractivity (Wildman–Crippen MR) is 73.8 cm³/mol. The fourth-order valence-electron chi connectivity index (χ4n) is 1.86. The van der Waals surface area contributed by atoms with Crippen molar-refractivity contribution < 1.29 is 14.3 Å². The summed E-state index contributed by atoms with van der Waals surface area (Å²) in [5.41, 5.74) is 1.23. The zero-order valence-electron chi connectivity index (χ0n) is 10.8. The highest BCUT2D eigenvalue weighted by Gasteiger charge is 2.17. The minimum atomic E-state index is 0.594. The SMILES string of the molecule is COc1ccccc1N([C]=O)c1ccccc1OC. The third-order valence-electron chi connectivity index (χ3n) is 2.74. The lowest BCUT2D eigenvalue weighted by Gasteiger charge is -2.21. The van der Waals surface area contributed by atoms with E-state index in [9.17, 15) is 4.79 Å². The summed E-state index contributed by atoms with van der Waals surface area (Å²) < 4.78 is 10.5. The summed E-state index contributed by atoms with van der Waals surface area (Å²) in [4.78, 5) is 12.7. The Morgan fingerprint density at radius 3 is 1.63 bits per heavy atom. The zero-order chi connectivity index (χ0) is 13.7. The Hall–Kier alpha value is -2.49. The van der Waals surface area contributed by atoms with Gasteiger partial charge in [0.2, 0.25) is 0 Å². The van der Waals surface area contributed by atoms with Crippen LogP contribution in [-0.4, -0.2) is 20.6 Å². The molecule has 0 spiro atoms. The van der Waals surface area contributed by atoms with Crippen molar-refractivity contribution in [1.82, 2.24) is 0 Å². The molecule has 1 amide bonds. The highest BCUT2D eigenvalue weighted by atomic mass is 16.5. The van der Waals surface area contributed by atoms with Gasteiger partial charge in [-0.1, -0.05) is 24.3 Å². The van der Waals surface area contributed by atoms with E-state index in [-0.39, 0.29) is 0 Å². The van der Waals surface area contributed by atoms with Gasteiger partial charge in [0.05, 0.1) is 25.6 Å². The third-order valence-corrected chi connectivity index (χ3v) is 2.74. The third kappa shape index (κ3) is 2.52. The largest absolute Gasteiger partial charge is 0.495 e. The van der Waals surface area contributed by atoms with Gasteiger partial charge in [0.1, 0.15) is 11.5 Å². The molecule has 19 heavy (non-hydrogen) atoms. The van der Waals surface area contributed by atoms with Crippen LogP contribution >= 0.6 is 0 Å². The molecule has 4 heteroatoms. The van der Waals surface area contributed by atoms with E-state index in [4.69, 9.17) is 9.47 Å². The monoisotopic (exact) mass is 256 g/mol. The predicted octanol–water partition coefficient (Wildman–Crippen LogP) is 2.91. The van der Waals surface area contributed by atoms with Crippen molar-refractivity contribution in [3.63, 3.8) is 0 Å². The summed E-state index contributed by atoms with van der Waals surface area (Å²) in [7, 11) is 3.12. The number of amides is 1. The maximum Gasteiger partial charge on any atom is 0.322 e. The van der Waals surface area contributed by atoms with Crippen LogP contribution in [0, 0.1) is 0 Å². The Morgan fingerprint density at radius 2 is 1.26 bits per heavy atom. The van der Waals surface area contributed by atoms with Crippen LogP contribution in [0.25, 0.3) is 0 Å². The molecule has 0 aliphatic rings. The number of benzene rings is 2. The number of nitrogens with zero attached hydrogens (tertiary/aromatic N) is 1. The van der Waals surface area contributed by atoms with Crippen LogP contribution in [0.4, 0.5) is 11.4 Å². The molecule has 2 aromatic rings. The van der Waals surface area contributed by atoms with E-state index < -0.39 is 0 Å². The Kier molecular flexibility index (Phi) is 4.03. The molecule has 0 N–H and O–H groups in total. The number of para-hydroxylation sites is 4. The maximum absolute atomic E-state index is 11.3. The lowest BCUT2D eigenvalue weighted by Crippen LogP contribution is -2.15. The van der Waals surface area contributed by atoms with Crippen molar-refractivity contribution >= 4 is 17.8 Å². The molecule has 0 fully saturated rings. The number of ether oxygens (including phenoxy) is 2. The smallest absolute Gasteiger partial charge is 0.322 e. The lowest BCUT2D eigenvalue weighted by atomic mass is 10.2. The molecule has 0 aliphatic heterocycles. The molecule has 0 saturated carbocycles. The number of hydrogen-bond donors (Lipinski definition) is 0. The van der Waals surface area contributed by atoms with Gasteiger partial charge in [-0.3, -0.25) is 9.69 Å². The number of hydrogen-bond acceptors (Lipinski definition) is 3. The number of rotatable bonds is 5. The molecule has 0 unspecified atom stereocenters. The van der Waals surface area contributed by atoms with Crippen LogP contribution in [0.3, 0.4) is 0 Å². The maximum atomic E-state index is 11.3. The van der Waals surface area contributed by atoms with E-state index in [0.717, 1.165) is 0 Å². The van der Waals surface area contributed by atoms with Crippen LogP contribution in [0.1, 0.15) is 0 Å². The van der Waals surface area contributed by atoms with Gasteiger partial charge in [0.25, 0.3) is 0 Å². The standard InChI is InChI=1S/C15H14NO3/c1-18-14-9-5-3-7-12(14)16(11-17)13-8-4-6-10-15(13)19-2/h3-10H,1-2H3. The van der Waals surface area contributed by atoms with Gasteiger partial charge in [0, 0.05) is 0 Å². The van der Waals surface area contributed by atoms with E-state index in [1.165, 1.54) is 4.90 Å². The summed E-state index contributed by atoms with van der Waals surface area (Å²) in [5, 5.41) is 0. The summed E-state index contributed by atoms with van der Waals surface area (Å²) in [6.07, 6.45) is 1.91. The molecule has 0 bridgehead atoms. The second-order valence-electron chi connectivity index (χ2n) is 3.77. The molecular weight excluding hydrogens is 242 g/mol. The minimum Gasteiger partial charge on any atom is -0.495 e. The van der Waals surface area contributed by atoms with Crippen LogP contribution < -0.4 is 14.4 Å². The average molecular weight is 256 g/mol. The molecule has 97 valence electrons. The molecule has 4 nitrogen and oxygen atoms in total. The van der Waals surface area contributed by atoms with Crippen molar-refractivity contribution in [2.45, 2.75) is 0 Å². The quantitative estimate of drug-likeness (QED) is 0.772. The van der Waals surface area contributed by atoms with E-state index >= 15 is 0 Å². The number of anilines is 2. The molecule has 1 radical (unpaired) electrons. The first-order valence-corrected chi connectivity index (χ1v) is 5.75. The lowest BCUT2D eigenvalue weighted by molar-refractivity contribution is 0.412. The molecule has 0 heterocycles. The van der Waals surface area contributed by atoms with Crippen molar-refractivity contribution in [2.24, 2.45) is 0 Å². The van der Waals surface area contributed by atoms with Gasteiger partial charge in [-0.05, 0) is 24.3 Å². The molecule has 0 aliphatic carbocycles. The van der Waals surface area contributed by atoms with Crippen LogP contribution in [0.2, 0.25) is 0 Å². The van der Waals surface area contributed by atoms with Gasteiger partial charge in [-0.15, -0.1) is 0 Å². The van der Waals surface area contributed by atoms with Crippen LogP contribution in [0.15, 0.2) is 48.5 Å². The van der Waals surface area contributed by atoms with Gasteiger partial charge in [-0.25, -0.2) is 0 Å². The van der Waals surface area contributed by atoms with Crippen molar-refractivity contribution in [3.8, 4) is 11.5 Å². The Balaban J connectivity index is 2.53. The Bertz CT molecular complexity index is 521. The summed E-state index contributed by atoms with van der Waals surface area (Å²) in [6.45, 7) is 0. The van der Waals surface area contributed by atoms with Gasteiger partial charge < -0.3 is 9.47 Å². The van der Waals surface area contributed by atoms with Crippen molar-refractivity contribution in [1.29, 1.82) is 0 Å². The molecule has 0 saturated heterocycles. The molecule has 2 rings (SSSR count). The zero-order valence-corrected chi connectivity index (χ0v) is 10.8. The van der Waals surface area contributed by atoms with Gasteiger partial charge in [0.15, 0.2) is 0 Å².